The summed E-state index contributed by atoms with van der Waals surface area (Å²) in [5.41, 5.74) is 0. The number of ether oxygens (including phenoxy) is 1. The first-order valence-electron chi connectivity index (χ1n) is 5.01. The topological polar surface area (TPSA) is 26.3 Å². The molecule has 0 saturated carbocycles. The predicted molar refractivity (Wildman–Crippen MR) is 85.6 cm³/mol. The summed E-state index contributed by atoms with van der Waals surface area (Å²) in [6, 6.07) is 0. The van der Waals surface area contributed by atoms with Crippen LogP contribution in [0.1, 0.15) is 0 Å². The van der Waals surface area contributed by atoms with Gasteiger partial charge in [-0.05, 0) is 0 Å². The fourth-order valence-corrected chi connectivity index (χ4v) is 15.1. The first-order chi connectivity index (χ1) is 8.78. The Balaban J connectivity index is 1.71. The van der Waals surface area contributed by atoms with Crippen LogP contribution < -0.4 is 0 Å². The van der Waals surface area contributed by atoms with E-state index < -0.39 is 0 Å². The Bertz CT molecular complexity index is 478. The standard InChI is InChI=1S/C10H8O2S4Se2/c1-12-6(11)5-4-13-7(14-5)8-15-9-10(16-8)18-3-2-17-9/h4H,2-3H2,1H3. The van der Waals surface area contributed by atoms with Crippen LogP contribution in [0.25, 0.3) is 0 Å². The van der Waals surface area contributed by atoms with Gasteiger partial charge in [-0.3, -0.25) is 0 Å². The molecule has 0 atom stereocenters. The molecule has 0 fully saturated rings. The first-order valence-corrected chi connectivity index (χ1v) is 12.5. The van der Waals surface area contributed by atoms with Crippen LogP contribution in [-0.4, -0.2) is 43.0 Å². The van der Waals surface area contributed by atoms with E-state index in [0.29, 0.717) is 34.8 Å². The Morgan fingerprint density at radius 1 is 1.17 bits per heavy atom. The summed E-state index contributed by atoms with van der Waals surface area (Å²) >= 11 is 8.52. The van der Waals surface area contributed by atoms with Gasteiger partial charge in [0.2, 0.25) is 0 Å². The van der Waals surface area contributed by atoms with Crippen molar-refractivity contribution in [2.75, 3.05) is 7.11 Å². The van der Waals surface area contributed by atoms with Crippen LogP contribution in [0.2, 0.25) is 10.6 Å². The number of hydrogen-bond donors (Lipinski definition) is 0. The number of esters is 1. The van der Waals surface area contributed by atoms with Gasteiger partial charge in [-0.1, -0.05) is 0 Å². The van der Waals surface area contributed by atoms with Crippen molar-refractivity contribution in [3.05, 3.63) is 26.4 Å². The second kappa shape index (κ2) is 6.27. The summed E-state index contributed by atoms with van der Waals surface area (Å²) < 4.78 is 10.7. The van der Waals surface area contributed by atoms with Crippen LogP contribution in [0.15, 0.2) is 26.4 Å². The Labute approximate surface area is 135 Å². The molecule has 3 aliphatic heterocycles. The molecule has 96 valence electrons. The van der Waals surface area contributed by atoms with E-state index in [0.717, 1.165) is 0 Å². The van der Waals surface area contributed by atoms with Gasteiger partial charge in [0.25, 0.3) is 0 Å². The number of rotatable bonds is 1. The maximum atomic E-state index is 11.5. The Morgan fingerprint density at radius 3 is 2.44 bits per heavy atom. The molecule has 0 bridgehead atoms. The molecular formula is C10H8O2S4Se2. The van der Waals surface area contributed by atoms with Gasteiger partial charge in [-0.15, -0.1) is 0 Å². The molecule has 0 radical (unpaired) electrons. The van der Waals surface area contributed by atoms with Crippen molar-refractivity contribution in [3.8, 4) is 0 Å². The van der Waals surface area contributed by atoms with Crippen LogP contribution in [-0.2, 0) is 9.53 Å². The van der Waals surface area contributed by atoms with Gasteiger partial charge in [0, 0.05) is 0 Å². The quantitative estimate of drug-likeness (QED) is 0.452. The molecule has 3 heterocycles. The molecule has 0 saturated heterocycles. The van der Waals surface area contributed by atoms with E-state index >= 15 is 0 Å². The molecule has 0 aliphatic carbocycles. The number of carbonyl (C=O) groups excluding carboxylic acids is 1. The molecule has 3 aliphatic rings. The molecular weight excluding hydrogens is 438 g/mol. The van der Waals surface area contributed by atoms with Crippen LogP contribution in [0.4, 0.5) is 0 Å². The average molecular weight is 446 g/mol. The normalized spacial score (nSPS) is 23.3. The third kappa shape index (κ3) is 2.91. The van der Waals surface area contributed by atoms with Crippen LogP contribution in [0.5, 0.6) is 0 Å². The van der Waals surface area contributed by atoms with E-state index in [1.807, 2.05) is 28.9 Å². The molecule has 0 aromatic heterocycles. The van der Waals surface area contributed by atoms with Crippen molar-refractivity contribution >= 4 is 82.9 Å². The van der Waals surface area contributed by atoms with Gasteiger partial charge >= 0.3 is 137 Å². The van der Waals surface area contributed by atoms with Gasteiger partial charge in [-0.25, -0.2) is 0 Å². The molecule has 2 nitrogen and oxygen atoms in total. The zero-order valence-electron chi connectivity index (χ0n) is 9.26. The van der Waals surface area contributed by atoms with E-state index in [9.17, 15) is 4.79 Å². The van der Waals surface area contributed by atoms with E-state index in [1.54, 1.807) is 31.1 Å². The average Bonchev–Trinajstić information content (AvgIpc) is 3.03. The van der Waals surface area contributed by atoms with Crippen molar-refractivity contribution in [1.82, 2.24) is 0 Å². The Hall–Kier alpha value is 1.13. The number of methoxy groups -OCH3 is 1. The monoisotopic (exact) mass is 448 g/mol. The molecule has 3 rings (SSSR count). The van der Waals surface area contributed by atoms with Gasteiger partial charge in [-0.2, -0.15) is 0 Å². The van der Waals surface area contributed by atoms with Gasteiger partial charge < -0.3 is 0 Å². The predicted octanol–water partition coefficient (Wildman–Crippen LogP) is 3.47. The fourth-order valence-electron chi connectivity index (χ4n) is 1.34. The van der Waals surface area contributed by atoms with E-state index in [1.165, 1.54) is 26.2 Å². The summed E-state index contributed by atoms with van der Waals surface area (Å²) in [6.45, 7) is 0. The van der Waals surface area contributed by atoms with Crippen molar-refractivity contribution in [2.24, 2.45) is 0 Å². The summed E-state index contributed by atoms with van der Waals surface area (Å²) in [7, 11) is 1.43. The van der Waals surface area contributed by atoms with Crippen molar-refractivity contribution in [3.63, 3.8) is 0 Å². The van der Waals surface area contributed by atoms with Crippen molar-refractivity contribution in [1.29, 1.82) is 0 Å². The van der Waals surface area contributed by atoms with Gasteiger partial charge in [0.1, 0.15) is 0 Å². The summed E-state index contributed by atoms with van der Waals surface area (Å²) in [6.07, 6.45) is 0. The zero-order chi connectivity index (χ0) is 12.5. The molecule has 0 spiro atoms. The van der Waals surface area contributed by atoms with Crippen LogP contribution in [0, 0.1) is 0 Å². The summed E-state index contributed by atoms with van der Waals surface area (Å²) in [5.74, 6) is -0.220. The third-order valence-corrected chi connectivity index (χ3v) is 15.7. The maximum absolute atomic E-state index is 11.5. The molecule has 0 unspecified atom stereocenters. The second-order valence-corrected chi connectivity index (χ2v) is 13.5. The Morgan fingerprint density at radius 2 is 1.83 bits per heavy atom. The van der Waals surface area contributed by atoms with Gasteiger partial charge in [0.15, 0.2) is 0 Å². The van der Waals surface area contributed by atoms with Crippen molar-refractivity contribution in [2.45, 2.75) is 10.6 Å². The number of hydrogen-bond acceptors (Lipinski definition) is 6. The summed E-state index contributed by atoms with van der Waals surface area (Å²) in [4.78, 5) is 12.2. The minimum absolute atomic E-state index is 0.220. The van der Waals surface area contributed by atoms with E-state index in [-0.39, 0.29) is 5.97 Å². The first kappa shape index (κ1) is 14.1. The molecule has 0 N–H and O–H groups in total. The zero-order valence-corrected chi connectivity index (χ0v) is 15.9. The van der Waals surface area contributed by atoms with Crippen LogP contribution >= 0.6 is 47.0 Å². The molecule has 8 heteroatoms. The summed E-state index contributed by atoms with van der Waals surface area (Å²) in [5, 5.41) is 4.73. The van der Waals surface area contributed by atoms with Crippen LogP contribution in [0.3, 0.4) is 0 Å². The third-order valence-electron chi connectivity index (χ3n) is 2.12. The van der Waals surface area contributed by atoms with E-state index in [2.05, 4.69) is 0 Å². The Kier molecular flexibility index (Phi) is 4.90. The minimum atomic E-state index is -0.220. The van der Waals surface area contributed by atoms with E-state index in [4.69, 9.17) is 4.74 Å². The SMILES string of the molecule is COC(=O)C1=CSC(=C2SC3=C(S2)[Se]CC[Se]3)S1. The molecule has 0 aromatic carbocycles. The number of thioether (sulfide) groups is 4. The molecule has 0 aromatic rings. The second-order valence-electron chi connectivity index (χ2n) is 3.24. The van der Waals surface area contributed by atoms with Crippen molar-refractivity contribution < 1.29 is 9.53 Å². The van der Waals surface area contributed by atoms with Gasteiger partial charge in [0.05, 0.1) is 0 Å². The fraction of sp³-hybridized carbons (Fsp3) is 0.300. The molecule has 0 amide bonds. The number of carbonyl (C=O) groups is 1. The molecule has 18 heavy (non-hydrogen) atoms.